The van der Waals surface area contributed by atoms with Crippen molar-refractivity contribution in [1.29, 1.82) is 0 Å². The van der Waals surface area contributed by atoms with Crippen LogP contribution in [0, 0.1) is 5.92 Å². The van der Waals surface area contributed by atoms with Crippen molar-refractivity contribution >= 4 is 11.8 Å². The number of carbonyl (C=O) groups excluding carboxylic acids is 2. The van der Waals surface area contributed by atoms with Gasteiger partial charge in [-0.1, -0.05) is 13.8 Å². The summed E-state index contributed by atoms with van der Waals surface area (Å²) in [5.41, 5.74) is 0.698. The standard InChI is InChI=1S/C17H25N3O2/c1-13(2)11-20-15(16(21)18-8-4-3-5-9-18)12-19-10-6-7-14(19)17(20)22/h6-7,10,13,15H,3-5,8-9,11-12H2,1-2H3. The van der Waals surface area contributed by atoms with E-state index in [0.29, 0.717) is 24.7 Å². The van der Waals surface area contributed by atoms with E-state index in [4.69, 9.17) is 0 Å². The second-order valence-corrected chi connectivity index (χ2v) is 6.80. The Morgan fingerprint density at radius 2 is 2.00 bits per heavy atom. The van der Waals surface area contributed by atoms with Crippen LogP contribution in [0.15, 0.2) is 18.3 Å². The Balaban J connectivity index is 1.86. The lowest BCUT2D eigenvalue weighted by molar-refractivity contribution is -0.138. The van der Waals surface area contributed by atoms with Crippen molar-refractivity contribution in [2.75, 3.05) is 19.6 Å². The molecule has 1 aromatic rings. The van der Waals surface area contributed by atoms with E-state index in [2.05, 4.69) is 13.8 Å². The summed E-state index contributed by atoms with van der Waals surface area (Å²) in [6.45, 7) is 7.05. The molecule has 0 N–H and O–H groups in total. The average molecular weight is 303 g/mol. The van der Waals surface area contributed by atoms with E-state index in [1.54, 1.807) is 4.90 Å². The summed E-state index contributed by atoms with van der Waals surface area (Å²) < 4.78 is 1.92. The van der Waals surface area contributed by atoms with Crippen molar-refractivity contribution in [3.8, 4) is 0 Å². The maximum Gasteiger partial charge on any atom is 0.271 e. The number of rotatable bonds is 3. The van der Waals surface area contributed by atoms with E-state index in [1.807, 2.05) is 27.8 Å². The van der Waals surface area contributed by atoms with E-state index < -0.39 is 0 Å². The van der Waals surface area contributed by atoms with Crippen LogP contribution >= 0.6 is 0 Å². The van der Waals surface area contributed by atoms with Gasteiger partial charge in [0.15, 0.2) is 0 Å². The lowest BCUT2D eigenvalue weighted by Crippen LogP contribution is -2.57. The van der Waals surface area contributed by atoms with E-state index in [0.717, 1.165) is 25.9 Å². The van der Waals surface area contributed by atoms with Gasteiger partial charge >= 0.3 is 0 Å². The Bertz CT molecular complexity index is 558. The number of nitrogens with zero attached hydrogens (tertiary/aromatic N) is 3. The van der Waals surface area contributed by atoms with Crippen LogP contribution < -0.4 is 0 Å². The molecule has 22 heavy (non-hydrogen) atoms. The molecule has 1 unspecified atom stereocenters. The number of fused-ring (bicyclic) bond motifs is 1. The molecule has 2 aliphatic heterocycles. The second kappa shape index (κ2) is 6.15. The smallest absolute Gasteiger partial charge is 0.271 e. The third-order valence-corrected chi connectivity index (χ3v) is 4.57. The molecule has 0 aliphatic carbocycles. The first kappa shape index (κ1) is 15.1. The van der Waals surface area contributed by atoms with E-state index >= 15 is 0 Å². The van der Waals surface area contributed by atoms with Crippen molar-refractivity contribution in [1.82, 2.24) is 14.4 Å². The summed E-state index contributed by atoms with van der Waals surface area (Å²) in [6.07, 6.45) is 5.25. The van der Waals surface area contributed by atoms with Crippen molar-refractivity contribution in [2.24, 2.45) is 5.92 Å². The molecule has 2 aliphatic rings. The summed E-state index contributed by atoms with van der Waals surface area (Å²) in [7, 11) is 0. The maximum absolute atomic E-state index is 12.9. The molecule has 0 bridgehead atoms. The third kappa shape index (κ3) is 2.76. The zero-order chi connectivity index (χ0) is 15.7. The predicted octanol–water partition coefficient (Wildman–Crippen LogP) is 1.98. The average Bonchev–Trinajstić information content (AvgIpc) is 2.98. The minimum atomic E-state index is -0.354. The maximum atomic E-state index is 12.9. The van der Waals surface area contributed by atoms with Crippen LogP contribution in [0.5, 0.6) is 0 Å². The second-order valence-electron chi connectivity index (χ2n) is 6.80. The largest absolute Gasteiger partial charge is 0.341 e. The number of amides is 2. The van der Waals surface area contributed by atoms with Gasteiger partial charge < -0.3 is 14.4 Å². The van der Waals surface area contributed by atoms with Crippen LogP contribution in [0.4, 0.5) is 0 Å². The Hall–Kier alpha value is -1.78. The van der Waals surface area contributed by atoms with Gasteiger partial charge in [-0.05, 0) is 37.3 Å². The van der Waals surface area contributed by atoms with Gasteiger partial charge in [-0.2, -0.15) is 0 Å². The number of hydrogen-bond acceptors (Lipinski definition) is 2. The highest BCUT2D eigenvalue weighted by Gasteiger charge is 2.38. The molecular formula is C17H25N3O2. The summed E-state index contributed by atoms with van der Waals surface area (Å²) in [6, 6.07) is 3.37. The Labute approximate surface area is 131 Å². The van der Waals surface area contributed by atoms with Crippen molar-refractivity contribution in [3.05, 3.63) is 24.0 Å². The molecular weight excluding hydrogens is 278 g/mol. The fraction of sp³-hybridized carbons (Fsp3) is 0.647. The molecule has 120 valence electrons. The molecule has 3 heterocycles. The highest BCUT2D eigenvalue weighted by Crippen LogP contribution is 2.22. The van der Waals surface area contributed by atoms with E-state index in [1.165, 1.54) is 6.42 Å². The first-order valence-corrected chi connectivity index (χ1v) is 8.33. The molecule has 1 fully saturated rings. The molecule has 0 radical (unpaired) electrons. The predicted molar refractivity (Wildman–Crippen MR) is 84.5 cm³/mol. The molecule has 0 aromatic carbocycles. The van der Waals surface area contributed by atoms with Crippen LogP contribution in [0.1, 0.15) is 43.6 Å². The van der Waals surface area contributed by atoms with Gasteiger partial charge in [0, 0.05) is 25.8 Å². The fourth-order valence-electron chi connectivity index (χ4n) is 3.48. The topological polar surface area (TPSA) is 45.6 Å². The number of hydrogen-bond donors (Lipinski definition) is 0. The van der Waals surface area contributed by atoms with Gasteiger partial charge in [0.1, 0.15) is 11.7 Å². The van der Waals surface area contributed by atoms with Gasteiger partial charge in [0.25, 0.3) is 5.91 Å². The van der Waals surface area contributed by atoms with Crippen LogP contribution in [0.2, 0.25) is 0 Å². The van der Waals surface area contributed by atoms with Gasteiger partial charge in [-0.15, -0.1) is 0 Å². The molecule has 5 heteroatoms. The van der Waals surface area contributed by atoms with Crippen molar-refractivity contribution in [3.63, 3.8) is 0 Å². The van der Waals surface area contributed by atoms with Crippen LogP contribution in [0.25, 0.3) is 0 Å². The number of piperidine rings is 1. The molecule has 0 spiro atoms. The summed E-state index contributed by atoms with van der Waals surface area (Å²) in [4.78, 5) is 29.4. The van der Waals surface area contributed by atoms with Crippen molar-refractivity contribution in [2.45, 2.75) is 45.7 Å². The van der Waals surface area contributed by atoms with Gasteiger partial charge in [-0.3, -0.25) is 9.59 Å². The Morgan fingerprint density at radius 3 is 2.68 bits per heavy atom. The quantitative estimate of drug-likeness (QED) is 0.857. The molecule has 1 aromatic heterocycles. The molecule has 1 atom stereocenters. The zero-order valence-corrected chi connectivity index (χ0v) is 13.5. The van der Waals surface area contributed by atoms with E-state index in [-0.39, 0.29) is 17.9 Å². The molecule has 2 amide bonds. The highest BCUT2D eigenvalue weighted by molar-refractivity contribution is 5.97. The minimum absolute atomic E-state index is 0.0136. The molecule has 0 saturated carbocycles. The Kier molecular flexibility index (Phi) is 4.23. The lowest BCUT2D eigenvalue weighted by Gasteiger charge is -2.40. The number of carbonyl (C=O) groups is 2. The Morgan fingerprint density at radius 1 is 1.27 bits per heavy atom. The highest BCUT2D eigenvalue weighted by atomic mass is 16.2. The molecule has 5 nitrogen and oxygen atoms in total. The van der Waals surface area contributed by atoms with Crippen LogP contribution in [-0.2, 0) is 11.3 Å². The molecule has 1 saturated heterocycles. The first-order chi connectivity index (χ1) is 10.6. The van der Waals surface area contributed by atoms with Crippen molar-refractivity contribution < 1.29 is 9.59 Å². The summed E-state index contributed by atoms with van der Waals surface area (Å²) >= 11 is 0. The zero-order valence-electron chi connectivity index (χ0n) is 13.5. The first-order valence-electron chi connectivity index (χ1n) is 8.33. The number of aromatic nitrogens is 1. The van der Waals surface area contributed by atoms with Gasteiger partial charge in [0.05, 0.1) is 6.54 Å². The monoisotopic (exact) mass is 303 g/mol. The van der Waals surface area contributed by atoms with Crippen LogP contribution in [-0.4, -0.2) is 51.9 Å². The normalized spacial score (nSPS) is 22.1. The summed E-state index contributed by atoms with van der Waals surface area (Å²) in [5.74, 6) is 0.454. The van der Waals surface area contributed by atoms with E-state index in [9.17, 15) is 9.59 Å². The van der Waals surface area contributed by atoms with Gasteiger partial charge in [-0.25, -0.2) is 0 Å². The lowest BCUT2D eigenvalue weighted by atomic mass is 10.0. The summed E-state index contributed by atoms with van der Waals surface area (Å²) in [5, 5.41) is 0. The minimum Gasteiger partial charge on any atom is -0.341 e. The molecule has 3 rings (SSSR count). The van der Waals surface area contributed by atoms with Crippen LogP contribution in [0.3, 0.4) is 0 Å². The SMILES string of the molecule is CC(C)CN1C(=O)c2cccn2CC1C(=O)N1CCCCC1. The third-order valence-electron chi connectivity index (χ3n) is 4.57. The fourth-order valence-corrected chi connectivity index (χ4v) is 3.48. The van der Waals surface area contributed by atoms with Gasteiger partial charge in [0.2, 0.25) is 5.91 Å². The number of likely N-dealkylation sites (tertiary alicyclic amines) is 1.